The minimum Gasteiger partial charge on any atom is -0.494 e. The predicted molar refractivity (Wildman–Crippen MR) is 114 cm³/mol. The Bertz CT molecular complexity index is 1050. The molecule has 1 amide bonds. The lowest BCUT2D eigenvalue weighted by molar-refractivity contribution is -0.115. The molecule has 0 radical (unpaired) electrons. The molecular formula is C22H22ClN3O3. The van der Waals surface area contributed by atoms with Gasteiger partial charge in [-0.3, -0.25) is 9.79 Å². The highest BCUT2D eigenvalue weighted by Gasteiger charge is 2.24. The molecule has 0 saturated heterocycles. The number of aliphatic imine (C=N–C) groups is 1. The normalized spacial score (nSPS) is 11.9. The van der Waals surface area contributed by atoms with Crippen LogP contribution < -0.4 is 10.5 Å². The molecular weight excluding hydrogens is 390 g/mol. The molecule has 0 spiro atoms. The fourth-order valence-corrected chi connectivity index (χ4v) is 3.28. The second-order valence-corrected chi connectivity index (χ2v) is 6.93. The number of ether oxygens (including phenoxy) is 1. The monoisotopic (exact) mass is 411 g/mol. The van der Waals surface area contributed by atoms with Crippen LogP contribution in [-0.2, 0) is 11.3 Å². The van der Waals surface area contributed by atoms with Crippen LogP contribution in [0, 0.1) is 6.92 Å². The summed E-state index contributed by atoms with van der Waals surface area (Å²) in [6, 6.07) is 13.8. The molecule has 2 heterocycles. The number of amides is 1. The van der Waals surface area contributed by atoms with Crippen LogP contribution in [0.3, 0.4) is 0 Å². The van der Waals surface area contributed by atoms with Crippen molar-refractivity contribution in [2.45, 2.75) is 27.3 Å². The van der Waals surface area contributed by atoms with Gasteiger partial charge in [-0.2, -0.15) is 0 Å². The van der Waals surface area contributed by atoms with Crippen LogP contribution in [0.15, 0.2) is 52.0 Å². The molecule has 0 aliphatic carbocycles. The van der Waals surface area contributed by atoms with Gasteiger partial charge in [0.25, 0.3) is 0 Å². The number of fused-ring (bicyclic) bond motifs is 3. The highest BCUT2D eigenvalue weighted by atomic mass is 35.5. The third-order valence-electron chi connectivity index (χ3n) is 4.26. The molecule has 4 rings (SSSR count). The van der Waals surface area contributed by atoms with E-state index in [9.17, 15) is 4.79 Å². The van der Waals surface area contributed by atoms with Crippen LogP contribution in [-0.4, -0.2) is 23.4 Å². The number of nitrogens with two attached hydrogens (primary N) is 1. The maximum Gasteiger partial charge on any atom is 0.214 e. The Morgan fingerprint density at radius 2 is 1.90 bits per heavy atom. The average molecular weight is 412 g/mol. The van der Waals surface area contributed by atoms with E-state index in [-0.39, 0.29) is 5.91 Å². The van der Waals surface area contributed by atoms with Crippen molar-refractivity contribution in [3.05, 3.63) is 70.1 Å². The van der Waals surface area contributed by atoms with E-state index < -0.39 is 0 Å². The molecule has 0 bridgehead atoms. The molecule has 29 heavy (non-hydrogen) atoms. The molecule has 3 aromatic rings. The largest absolute Gasteiger partial charge is 0.494 e. The zero-order valence-electron chi connectivity index (χ0n) is 16.5. The minimum atomic E-state index is -0.333. The maximum absolute atomic E-state index is 9.22. The van der Waals surface area contributed by atoms with Crippen molar-refractivity contribution >= 4 is 23.2 Å². The van der Waals surface area contributed by atoms with Gasteiger partial charge in [-0.25, -0.2) is 0 Å². The van der Waals surface area contributed by atoms with Gasteiger partial charge in [-0.05, 0) is 49.7 Å². The van der Waals surface area contributed by atoms with Crippen LogP contribution in [0.25, 0.3) is 11.1 Å². The SMILES string of the molecule is CC(N)=O.CCOc1ccc2c(c1)C(c1ccc(Cl)cc1)=NCc1onc(C)c1-2. The molecule has 6 nitrogen and oxygen atoms in total. The van der Waals surface area contributed by atoms with E-state index in [4.69, 9.17) is 25.9 Å². The topological polar surface area (TPSA) is 90.7 Å². The van der Waals surface area contributed by atoms with Gasteiger partial charge in [-0.15, -0.1) is 0 Å². The standard InChI is InChI=1S/C20H17ClN2O2.C2H5NO/c1-3-24-15-8-9-16-17(10-15)20(13-4-6-14(21)7-5-13)22-11-18-19(16)12(2)23-25-18;1-2(3)4/h4-10H,3,11H2,1-2H3;1H3,(H2,3,4). The van der Waals surface area contributed by atoms with Crippen LogP contribution >= 0.6 is 11.6 Å². The minimum absolute atomic E-state index is 0.333. The number of aromatic nitrogens is 1. The predicted octanol–water partition coefficient (Wildman–Crippen LogP) is 4.54. The van der Waals surface area contributed by atoms with Crippen LogP contribution in [0.2, 0.25) is 5.02 Å². The van der Waals surface area contributed by atoms with Crippen molar-refractivity contribution in [1.82, 2.24) is 5.16 Å². The summed E-state index contributed by atoms with van der Waals surface area (Å²) >= 11 is 6.04. The average Bonchev–Trinajstić information content (AvgIpc) is 2.95. The van der Waals surface area contributed by atoms with Crippen LogP contribution in [0.5, 0.6) is 5.75 Å². The highest BCUT2D eigenvalue weighted by molar-refractivity contribution is 6.30. The van der Waals surface area contributed by atoms with Gasteiger partial charge >= 0.3 is 0 Å². The summed E-state index contributed by atoms with van der Waals surface area (Å²) in [5.74, 6) is 1.27. The summed E-state index contributed by atoms with van der Waals surface area (Å²) in [7, 11) is 0. The second-order valence-electron chi connectivity index (χ2n) is 6.49. The number of nitrogens with zero attached hydrogens (tertiary/aromatic N) is 2. The highest BCUT2D eigenvalue weighted by Crippen LogP contribution is 2.36. The Morgan fingerprint density at radius 3 is 2.55 bits per heavy atom. The lowest BCUT2D eigenvalue weighted by Gasteiger charge is -2.13. The number of rotatable bonds is 3. The quantitative estimate of drug-likeness (QED) is 0.684. The molecule has 150 valence electrons. The molecule has 0 unspecified atom stereocenters. The molecule has 7 heteroatoms. The first kappa shape index (κ1) is 20.6. The zero-order valence-corrected chi connectivity index (χ0v) is 17.3. The van der Waals surface area contributed by atoms with E-state index in [1.807, 2.05) is 50.2 Å². The second kappa shape index (κ2) is 8.92. The van der Waals surface area contributed by atoms with Crippen molar-refractivity contribution in [1.29, 1.82) is 0 Å². The summed E-state index contributed by atoms with van der Waals surface area (Å²) in [6.07, 6.45) is 0. The Labute approximate surface area is 174 Å². The Morgan fingerprint density at radius 1 is 1.21 bits per heavy atom. The van der Waals surface area contributed by atoms with Gasteiger partial charge in [0.05, 0.1) is 23.6 Å². The molecule has 1 aromatic heterocycles. The fourth-order valence-electron chi connectivity index (χ4n) is 3.15. The fraction of sp³-hybridized carbons (Fsp3) is 0.227. The smallest absolute Gasteiger partial charge is 0.214 e. The Kier molecular flexibility index (Phi) is 6.34. The number of hydrogen-bond donors (Lipinski definition) is 1. The molecule has 0 atom stereocenters. The van der Waals surface area contributed by atoms with Gasteiger partial charge in [0, 0.05) is 23.1 Å². The summed E-state index contributed by atoms with van der Waals surface area (Å²) in [4.78, 5) is 14.0. The van der Waals surface area contributed by atoms with Crippen molar-refractivity contribution in [3.8, 4) is 16.9 Å². The maximum atomic E-state index is 9.22. The number of halogens is 1. The van der Waals surface area contributed by atoms with Crippen LogP contribution in [0.4, 0.5) is 0 Å². The molecule has 1 aliphatic rings. The molecule has 2 aromatic carbocycles. The van der Waals surface area contributed by atoms with Gasteiger partial charge in [0.15, 0.2) is 5.76 Å². The molecule has 0 saturated carbocycles. The van der Waals surface area contributed by atoms with E-state index in [0.29, 0.717) is 18.2 Å². The molecule has 1 aliphatic heterocycles. The number of hydrogen-bond acceptors (Lipinski definition) is 5. The zero-order chi connectivity index (χ0) is 21.0. The van der Waals surface area contributed by atoms with Crippen molar-refractivity contribution in [2.24, 2.45) is 10.7 Å². The Balaban J connectivity index is 0.000000552. The lowest BCUT2D eigenvalue weighted by Crippen LogP contribution is -2.05. The van der Waals surface area contributed by atoms with E-state index in [0.717, 1.165) is 45.2 Å². The first-order valence-corrected chi connectivity index (χ1v) is 9.57. The third kappa shape index (κ3) is 4.66. The van der Waals surface area contributed by atoms with E-state index >= 15 is 0 Å². The van der Waals surface area contributed by atoms with E-state index in [1.54, 1.807) is 0 Å². The first-order valence-electron chi connectivity index (χ1n) is 9.19. The lowest BCUT2D eigenvalue weighted by atomic mass is 9.93. The Hall–Kier alpha value is -3.12. The van der Waals surface area contributed by atoms with Crippen molar-refractivity contribution in [2.75, 3.05) is 6.61 Å². The summed E-state index contributed by atoms with van der Waals surface area (Å²) < 4.78 is 11.2. The van der Waals surface area contributed by atoms with E-state index in [1.165, 1.54) is 6.92 Å². The van der Waals surface area contributed by atoms with Gasteiger partial charge in [-0.1, -0.05) is 28.9 Å². The number of aryl methyl sites for hydroxylation is 1. The number of carbonyl (C=O) groups excluding carboxylic acids is 1. The molecule has 2 N–H and O–H groups in total. The van der Waals surface area contributed by atoms with Gasteiger partial charge in [0.2, 0.25) is 5.91 Å². The van der Waals surface area contributed by atoms with Gasteiger partial charge in [0.1, 0.15) is 12.3 Å². The summed E-state index contributed by atoms with van der Waals surface area (Å²) in [5, 5.41) is 4.82. The first-order chi connectivity index (χ1) is 13.9. The third-order valence-corrected chi connectivity index (χ3v) is 4.51. The number of primary amides is 1. The van der Waals surface area contributed by atoms with Crippen molar-refractivity contribution < 1.29 is 14.1 Å². The summed E-state index contributed by atoms with van der Waals surface area (Å²) in [5.41, 5.74) is 10.3. The van der Waals surface area contributed by atoms with Crippen molar-refractivity contribution in [3.63, 3.8) is 0 Å². The summed E-state index contributed by atoms with van der Waals surface area (Å²) in [6.45, 7) is 6.30. The van der Waals surface area contributed by atoms with Gasteiger partial charge < -0.3 is 15.0 Å². The van der Waals surface area contributed by atoms with Crippen LogP contribution in [0.1, 0.15) is 36.4 Å². The number of carbonyl (C=O) groups is 1. The van der Waals surface area contributed by atoms with E-state index in [2.05, 4.69) is 17.0 Å². The number of benzene rings is 2. The molecule has 0 fully saturated rings.